The van der Waals surface area contributed by atoms with Gasteiger partial charge in [0.15, 0.2) is 0 Å². The summed E-state index contributed by atoms with van der Waals surface area (Å²) in [4.78, 5) is 11.0. The van der Waals surface area contributed by atoms with Crippen LogP contribution >= 0.6 is 27.5 Å². The molecule has 0 radical (unpaired) electrons. The molecule has 0 bridgehead atoms. The van der Waals surface area contributed by atoms with Gasteiger partial charge < -0.3 is 9.52 Å². The molecule has 0 aliphatic carbocycles. The largest absolute Gasteiger partial charge is 0.475 e. The average Bonchev–Trinajstić information content (AvgIpc) is 3.05. The number of hydrogen-bond donors (Lipinski definition) is 2. The first kappa shape index (κ1) is 18.5. The summed E-state index contributed by atoms with van der Waals surface area (Å²) in [5.41, 5.74) is 0.638. The number of rotatable bonds is 5. The molecule has 0 fully saturated rings. The number of carboxylic acid groups (broad SMARTS) is 1. The Morgan fingerprint density at radius 3 is 2.38 bits per heavy atom. The predicted molar refractivity (Wildman–Crippen MR) is 101 cm³/mol. The Hall–Kier alpha value is -2.29. The lowest BCUT2D eigenvalue weighted by molar-refractivity contribution is 0.0663. The van der Waals surface area contributed by atoms with Gasteiger partial charge in [0.05, 0.1) is 10.6 Å². The third-order valence-electron chi connectivity index (χ3n) is 3.43. The van der Waals surface area contributed by atoms with Gasteiger partial charge in [-0.1, -0.05) is 27.5 Å². The zero-order valence-electron chi connectivity index (χ0n) is 12.9. The Morgan fingerprint density at radius 2 is 1.77 bits per heavy atom. The number of aromatic carboxylic acids is 1. The lowest BCUT2D eigenvalue weighted by atomic mass is 10.1. The molecule has 6 nitrogen and oxygen atoms in total. The Kier molecular flexibility index (Phi) is 5.08. The van der Waals surface area contributed by atoms with Gasteiger partial charge in [0.1, 0.15) is 5.76 Å². The number of benzene rings is 2. The van der Waals surface area contributed by atoms with Crippen LogP contribution in [-0.2, 0) is 10.0 Å². The number of carbonyl (C=O) groups is 1. The van der Waals surface area contributed by atoms with Crippen LogP contribution in [0.5, 0.6) is 0 Å². The zero-order valence-corrected chi connectivity index (χ0v) is 16.1. The van der Waals surface area contributed by atoms with Crippen molar-refractivity contribution < 1.29 is 22.7 Å². The van der Waals surface area contributed by atoms with Gasteiger partial charge in [-0.05, 0) is 54.6 Å². The second kappa shape index (κ2) is 7.14. The number of sulfonamides is 1. The highest BCUT2D eigenvalue weighted by molar-refractivity contribution is 9.10. The van der Waals surface area contributed by atoms with E-state index in [0.717, 1.165) is 0 Å². The maximum absolute atomic E-state index is 12.6. The van der Waals surface area contributed by atoms with Crippen molar-refractivity contribution in [3.05, 3.63) is 69.9 Å². The molecule has 0 saturated heterocycles. The molecule has 0 aliphatic heterocycles. The smallest absolute Gasteiger partial charge is 0.371 e. The van der Waals surface area contributed by atoms with Crippen molar-refractivity contribution in [1.82, 2.24) is 0 Å². The Morgan fingerprint density at radius 1 is 1.08 bits per heavy atom. The molecule has 0 atom stereocenters. The van der Waals surface area contributed by atoms with E-state index in [-0.39, 0.29) is 22.1 Å². The van der Waals surface area contributed by atoms with Crippen LogP contribution in [0, 0.1) is 0 Å². The quantitative estimate of drug-likeness (QED) is 0.571. The highest BCUT2D eigenvalue weighted by atomic mass is 79.9. The van der Waals surface area contributed by atoms with Crippen molar-refractivity contribution in [3.8, 4) is 11.3 Å². The Labute approximate surface area is 162 Å². The molecule has 0 aliphatic rings. The summed E-state index contributed by atoms with van der Waals surface area (Å²) < 4.78 is 33.7. The summed E-state index contributed by atoms with van der Waals surface area (Å²) in [7, 11) is -3.87. The first-order valence-corrected chi connectivity index (χ1v) is 9.83. The van der Waals surface area contributed by atoms with Crippen molar-refractivity contribution >= 4 is 49.2 Å². The van der Waals surface area contributed by atoms with Gasteiger partial charge >= 0.3 is 5.97 Å². The van der Waals surface area contributed by atoms with E-state index in [9.17, 15) is 13.2 Å². The number of carboxylic acids is 1. The summed E-state index contributed by atoms with van der Waals surface area (Å²) in [5.74, 6) is -1.23. The molecule has 2 aromatic carbocycles. The van der Waals surface area contributed by atoms with Gasteiger partial charge in [0, 0.05) is 15.1 Å². The minimum absolute atomic E-state index is 0.0403. The van der Waals surface area contributed by atoms with Crippen LogP contribution in [0.15, 0.2) is 68.4 Å². The van der Waals surface area contributed by atoms with Crippen molar-refractivity contribution in [3.63, 3.8) is 0 Å². The average molecular weight is 457 g/mol. The SMILES string of the molecule is O=C(O)c1ccc(-c2ccc(Br)cc2NS(=O)(=O)c2ccc(Cl)cc2)o1. The molecule has 3 rings (SSSR count). The molecular formula is C17H11BrClNO5S. The van der Waals surface area contributed by atoms with E-state index in [1.54, 1.807) is 18.2 Å². The third-order valence-corrected chi connectivity index (χ3v) is 5.56. The minimum atomic E-state index is -3.87. The molecule has 0 spiro atoms. The first-order valence-electron chi connectivity index (χ1n) is 7.18. The molecule has 0 unspecified atom stereocenters. The summed E-state index contributed by atoms with van der Waals surface area (Å²) in [6.45, 7) is 0. The predicted octanol–water partition coefficient (Wildman–Crippen LogP) is 4.86. The van der Waals surface area contributed by atoms with E-state index in [0.29, 0.717) is 15.1 Å². The van der Waals surface area contributed by atoms with Crippen LogP contribution in [0.4, 0.5) is 5.69 Å². The fraction of sp³-hybridized carbons (Fsp3) is 0. The molecule has 1 aromatic heterocycles. The van der Waals surface area contributed by atoms with Crippen molar-refractivity contribution in [2.75, 3.05) is 4.72 Å². The fourth-order valence-electron chi connectivity index (χ4n) is 2.23. The molecule has 3 aromatic rings. The molecule has 9 heteroatoms. The second-order valence-electron chi connectivity index (χ2n) is 5.22. The minimum Gasteiger partial charge on any atom is -0.475 e. The van der Waals surface area contributed by atoms with Gasteiger partial charge in [0.25, 0.3) is 10.0 Å². The molecule has 2 N–H and O–H groups in total. The van der Waals surface area contributed by atoms with Crippen LogP contribution in [0.1, 0.15) is 10.6 Å². The lowest BCUT2D eigenvalue weighted by Gasteiger charge is -2.12. The van der Waals surface area contributed by atoms with Crippen LogP contribution in [0.25, 0.3) is 11.3 Å². The van der Waals surface area contributed by atoms with Crippen LogP contribution in [0.2, 0.25) is 5.02 Å². The molecule has 1 heterocycles. The summed E-state index contributed by atoms with van der Waals surface area (Å²) in [6.07, 6.45) is 0. The van der Waals surface area contributed by atoms with Crippen LogP contribution in [0.3, 0.4) is 0 Å². The third kappa shape index (κ3) is 3.92. The van der Waals surface area contributed by atoms with Gasteiger partial charge in [-0.2, -0.15) is 0 Å². The topological polar surface area (TPSA) is 96.6 Å². The van der Waals surface area contributed by atoms with E-state index in [4.69, 9.17) is 21.1 Å². The zero-order chi connectivity index (χ0) is 18.9. The first-order chi connectivity index (χ1) is 12.3. The second-order valence-corrected chi connectivity index (χ2v) is 8.25. The molecule has 26 heavy (non-hydrogen) atoms. The van der Waals surface area contributed by atoms with Crippen molar-refractivity contribution in [2.24, 2.45) is 0 Å². The summed E-state index contributed by atoms with van der Waals surface area (Å²) in [5, 5.41) is 9.41. The van der Waals surface area contributed by atoms with Gasteiger partial charge in [0.2, 0.25) is 5.76 Å². The highest BCUT2D eigenvalue weighted by Gasteiger charge is 2.19. The van der Waals surface area contributed by atoms with Gasteiger partial charge in [-0.3, -0.25) is 4.72 Å². The lowest BCUT2D eigenvalue weighted by Crippen LogP contribution is -2.13. The highest BCUT2D eigenvalue weighted by Crippen LogP contribution is 2.33. The maximum atomic E-state index is 12.6. The summed E-state index contributed by atoms with van der Waals surface area (Å²) >= 11 is 9.09. The standard InChI is InChI=1S/C17H11BrClNO5S/c18-10-1-6-13(15-7-8-16(25-15)17(21)22)14(9-10)20-26(23,24)12-4-2-11(19)3-5-12/h1-9,20H,(H,21,22). The Bertz CT molecular complexity index is 1080. The molecule has 0 amide bonds. The number of furan rings is 1. The molecule has 0 saturated carbocycles. The van der Waals surface area contributed by atoms with Crippen LogP contribution < -0.4 is 4.72 Å². The molecule has 134 valence electrons. The van der Waals surface area contributed by atoms with E-state index in [1.165, 1.54) is 36.4 Å². The monoisotopic (exact) mass is 455 g/mol. The number of nitrogens with one attached hydrogen (secondary N) is 1. The maximum Gasteiger partial charge on any atom is 0.371 e. The van der Waals surface area contributed by atoms with E-state index in [1.807, 2.05) is 0 Å². The van der Waals surface area contributed by atoms with Gasteiger partial charge in [-0.25, -0.2) is 13.2 Å². The Balaban J connectivity index is 2.03. The van der Waals surface area contributed by atoms with Gasteiger partial charge in [-0.15, -0.1) is 0 Å². The molecular weight excluding hydrogens is 446 g/mol. The summed E-state index contributed by atoms with van der Waals surface area (Å²) in [6, 6.07) is 13.4. The van der Waals surface area contributed by atoms with E-state index >= 15 is 0 Å². The fourth-order valence-corrected chi connectivity index (χ4v) is 3.79. The number of hydrogen-bond acceptors (Lipinski definition) is 4. The van der Waals surface area contributed by atoms with Crippen molar-refractivity contribution in [1.29, 1.82) is 0 Å². The van der Waals surface area contributed by atoms with Crippen LogP contribution in [-0.4, -0.2) is 19.5 Å². The van der Waals surface area contributed by atoms with Crippen molar-refractivity contribution in [2.45, 2.75) is 4.90 Å². The van der Waals surface area contributed by atoms with E-state index < -0.39 is 16.0 Å². The number of anilines is 1. The normalized spacial score (nSPS) is 11.3. The van der Waals surface area contributed by atoms with E-state index in [2.05, 4.69) is 20.7 Å². The number of halogens is 2.